The maximum atomic E-state index is 11.9. The van der Waals surface area contributed by atoms with Gasteiger partial charge >= 0.3 is 6.09 Å². The maximum Gasteiger partial charge on any atom is 0.412 e. The van der Waals surface area contributed by atoms with Gasteiger partial charge in [-0.3, -0.25) is 10.4 Å². The summed E-state index contributed by atoms with van der Waals surface area (Å²) in [6.07, 6.45) is 1.64. The lowest BCUT2D eigenvalue weighted by Crippen LogP contribution is -2.27. The maximum absolute atomic E-state index is 11.9. The first-order chi connectivity index (χ1) is 9.31. The second-order valence-corrected chi connectivity index (χ2v) is 5.74. The van der Waals surface area contributed by atoms with Crippen LogP contribution in [0.2, 0.25) is 5.02 Å². The molecule has 7 heteroatoms. The van der Waals surface area contributed by atoms with Gasteiger partial charge in [-0.25, -0.2) is 9.78 Å². The molecule has 0 saturated heterocycles. The largest absolute Gasteiger partial charge is 0.444 e. The minimum atomic E-state index is -0.573. The molecule has 0 bridgehead atoms. The molecule has 0 fully saturated rings. The van der Waals surface area contributed by atoms with Crippen molar-refractivity contribution in [2.75, 3.05) is 5.32 Å². The number of nitrogens with zero attached hydrogens (tertiary/aromatic N) is 2. The van der Waals surface area contributed by atoms with Gasteiger partial charge in [0.25, 0.3) is 0 Å². The van der Waals surface area contributed by atoms with Crippen LogP contribution in [0.4, 0.5) is 10.5 Å². The Balaban J connectivity index is 2.37. The van der Waals surface area contributed by atoms with E-state index >= 15 is 0 Å². The summed E-state index contributed by atoms with van der Waals surface area (Å²) in [4.78, 5) is 16.3. The average Bonchev–Trinajstić information content (AvgIpc) is 2.78. The molecule has 2 aromatic rings. The predicted molar refractivity (Wildman–Crippen MR) is 78.1 cm³/mol. The van der Waals surface area contributed by atoms with E-state index in [-0.39, 0.29) is 0 Å². The van der Waals surface area contributed by atoms with Crippen LogP contribution in [0.5, 0.6) is 0 Å². The van der Waals surface area contributed by atoms with Gasteiger partial charge in [-0.15, -0.1) is 0 Å². The van der Waals surface area contributed by atoms with Crippen molar-refractivity contribution in [3.05, 3.63) is 16.9 Å². The smallest absolute Gasteiger partial charge is 0.412 e. The first-order valence-electron chi connectivity index (χ1n) is 6.33. The predicted octanol–water partition coefficient (Wildman–Crippen LogP) is 3.52. The number of aromatic nitrogens is 3. The molecule has 0 aliphatic rings. The monoisotopic (exact) mass is 296 g/mol. The van der Waals surface area contributed by atoms with Gasteiger partial charge in [0.15, 0.2) is 5.65 Å². The standard InChI is InChI=1S/C13H17ClN4O2/c1-5-8-10(17-12(19)20-13(2,3)4)9(14)7-6-15-18-11(7)16-8/h6H,5H2,1-4H3,(H,17,19)(H,15,16,18). The third-order valence-corrected chi connectivity index (χ3v) is 2.96. The summed E-state index contributed by atoms with van der Waals surface area (Å²) in [5, 5.41) is 10.4. The number of carbonyl (C=O) groups excluding carboxylic acids is 1. The van der Waals surface area contributed by atoms with Gasteiger partial charge in [0.1, 0.15) is 5.60 Å². The van der Waals surface area contributed by atoms with Gasteiger partial charge in [-0.05, 0) is 27.2 Å². The Bertz CT molecular complexity index is 646. The third kappa shape index (κ3) is 3.01. The summed E-state index contributed by atoms with van der Waals surface area (Å²) >= 11 is 6.31. The van der Waals surface area contributed by atoms with Crippen molar-refractivity contribution in [1.82, 2.24) is 15.2 Å². The number of H-pyrrole nitrogens is 1. The zero-order valence-electron chi connectivity index (χ0n) is 11.9. The van der Waals surface area contributed by atoms with E-state index in [1.807, 2.05) is 6.92 Å². The molecule has 0 spiro atoms. The van der Waals surface area contributed by atoms with Crippen molar-refractivity contribution in [1.29, 1.82) is 0 Å². The molecule has 0 radical (unpaired) electrons. The molecular weight excluding hydrogens is 280 g/mol. The molecule has 2 rings (SSSR count). The molecule has 0 unspecified atom stereocenters. The van der Waals surface area contributed by atoms with Crippen LogP contribution in [0.3, 0.4) is 0 Å². The first kappa shape index (κ1) is 14.6. The fraction of sp³-hybridized carbons (Fsp3) is 0.462. The van der Waals surface area contributed by atoms with Crippen LogP contribution in [-0.4, -0.2) is 26.9 Å². The van der Waals surface area contributed by atoms with Crippen LogP contribution < -0.4 is 5.32 Å². The van der Waals surface area contributed by atoms with Crippen LogP contribution in [0.1, 0.15) is 33.4 Å². The molecule has 1 amide bonds. The van der Waals surface area contributed by atoms with E-state index in [2.05, 4.69) is 20.5 Å². The van der Waals surface area contributed by atoms with E-state index in [0.29, 0.717) is 33.9 Å². The Hall–Kier alpha value is -1.82. The number of anilines is 1. The molecule has 0 aromatic carbocycles. The number of rotatable bonds is 2. The normalized spacial score (nSPS) is 11.7. The van der Waals surface area contributed by atoms with Crippen LogP contribution in [0, 0.1) is 0 Å². The Morgan fingerprint density at radius 3 is 2.80 bits per heavy atom. The Kier molecular flexibility index (Phi) is 3.85. The molecule has 2 aromatic heterocycles. The third-order valence-electron chi connectivity index (χ3n) is 2.57. The number of fused-ring (bicyclic) bond motifs is 1. The highest BCUT2D eigenvalue weighted by atomic mass is 35.5. The zero-order chi connectivity index (χ0) is 14.9. The lowest BCUT2D eigenvalue weighted by Gasteiger charge is -2.20. The summed E-state index contributed by atoms with van der Waals surface area (Å²) < 4.78 is 5.23. The lowest BCUT2D eigenvalue weighted by molar-refractivity contribution is 0.0635. The first-order valence-corrected chi connectivity index (χ1v) is 6.71. The second-order valence-electron chi connectivity index (χ2n) is 5.36. The minimum absolute atomic E-state index is 0.409. The molecule has 108 valence electrons. The molecule has 0 aliphatic heterocycles. The van der Waals surface area contributed by atoms with Crippen molar-refractivity contribution >= 4 is 34.4 Å². The summed E-state index contributed by atoms with van der Waals surface area (Å²) in [5.41, 5.74) is 1.17. The van der Waals surface area contributed by atoms with Crippen LogP contribution in [0.15, 0.2) is 6.20 Å². The lowest BCUT2D eigenvalue weighted by atomic mass is 10.2. The van der Waals surface area contributed by atoms with Gasteiger partial charge in [-0.1, -0.05) is 18.5 Å². The number of amides is 1. The molecule has 0 atom stereocenters. The molecule has 0 aliphatic carbocycles. The summed E-state index contributed by atoms with van der Waals surface area (Å²) in [6, 6.07) is 0. The summed E-state index contributed by atoms with van der Waals surface area (Å²) in [6.45, 7) is 7.33. The highest BCUT2D eigenvalue weighted by Gasteiger charge is 2.20. The highest BCUT2D eigenvalue weighted by molar-refractivity contribution is 6.38. The Morgan fingerprint density at radius 2 is 2.20 bits per heavy atom. The quantitative estimate of drug-likeness (QED) is 0.888. The van der Waals surface area contributed by atoms with Gasteiger partial charge in [0.2, 0.25) is 0 Å². The fourth-order valence-corrected chi connectivity index (χ4v) is 2.06. The number of aryl methyl sites for hydroxylation is 1. The van der Waals surface area contributed by atoms with E-state index < -0.39 is 11.7 Å². The van der Waals surface area contributed by atoms with Crippen molar-refractivity contribution in [3.8, 4) is 0 Å². The zero-order valence-corrected chi connectivity index (χ0v) is 12.6. The molecular formula is C13H17ClN4O2. The van der Waals surface area contributed by atoms with E-state index in [0.717, 1.165) is 0 Å². The van der Waals surface area contributed by atoms with Gasteiger partial charge < -0.3 is 4.74 Å². The summed E-state index contributed by atoms with van der Waals surface area (Å²) in [7, 11) is 0. The second kappa shape index (κ2) is 5.28. The minimum Gasteiger partial charge on any atom is -0.444 e. The number of aromatic amines is 1. The molecule has 0 saturated carbocycles. The van der Waals surface area contributed by atoms with E-state index in [1.54, 1.807) is 27.0 Å². The fourth-order valence-electron chi connectivity index (χ4n) is 1.77. The number of nitrogens with one attached hydrogen (secondary N) is 2. The topological polar surface area (TPSA) is 79.9 Å². The molecule has 6 nitrogen and oxygen atoms in total. The Morgan fingerprint density at radius 1 is 1.50 bits per heavy atom. The van der Waals surface area contributed by atoms with Crippen LogP contribution in [0.25, 0.3) is 11.0 Å². The van der Waals surface area contributed by atoms with Crippen LogP contribution in [-0.2, 0) is 11.2 Å². The molecule has 20 heavy (non-hydrogen) atoms. The number of pyridine rings is 1. The van der Waals surface area contributed by atoms with E-state index in [9.17, 15) is 4.79 Å². The van der Waals surface area contributed by atoms with Crippen molar-refractivity contribution in [2.45, 2.75) is 39.7 Å². The Labute approximate surface area is 121 Å². The van der Waals surface area contributed by atoms with Crippen molar-refractivity contribution in [2.24, 2.45) is 0 Å². The van der Waals surface area contributed by atoms with Crippen molar-refractivity contribution in [3.63, 3.8) is 0 Å². The molecule has 2 heterocycles. The van der Waals surface area contributed by atoms with Crippen LogP contribution >= 0.6 is 11.6 Å². The van der Waals surface area contributed by atoms with E-state index in [4.69, 9.17) is 16.3 Å². The number of hydrogen-bond acceptors (Lipinski definition) is 4. The molecule has 2 N–H and O–H groups in total. The van der Waals surface area contributed by atoms with Gasteiger partial charge in [0, 0.05) is 0 Å². The van der Waals surface area contributed by atoms with Gasteiger partial charge in [-0.2, -0.15) is 5.10 Å². The number of hydrogen-bond donors (Lipinski definition) is 2. The number of halogens is 1. The van der Waals surface area contributed by atoms with Gasteiger partial charge in [0.05, 0.1) is 28.0 Å². The van der Waals surface area contributed by atoms with Crippen molar-refractivity contribution < 1.29 is 9.53 Å². The summed E-state index contributed by atoms with van der Waals surface area (Å²) in [5.74, 6) is 0. The highest BCUT2D eigenvalue weighted by Crippen LogP contribution is 2.32. The number of ether oxygens (including phenoxy) is 1. The van der Waals surface area contributed by atoms with E-state index in [1.165, 1.54) is 0 Å². The SMILES string of the molecule is CCc1nc2[nH]ncc2c(Cl)c1NC(=O)OC(C)(C)C. The average molecular weight is 297 g/mol. The number of carbonyl (C=O) groups is 1.